The van der Waals surface area contributed by atoms with Crippen LogP contribution in [0.5, 0.6) is 0 Å². The number of piperidine rings is 1. The summed E-state index contributed by atoms with van der Waals surface area (Å²) < 4.78 is 7.38. The fourth-order valence-electron chi connectivity index (χ4n) is 2.77. The van der Waals surface area contributed by atoms with Crippen LogP contribution in [0.1, 0.15) is 25.5 Å². The van der Waals surface area contributed by atoms with Crippen molar-refractivity contribution in [3.05, 3.63) is 11.9 Å². The molecule has 1 fully saturated rings. The summed E-state index contributed by atoms with van der Waals surface area (Å²) in [6, 6.07) is 0.533. The fraction of sp³-hybridized carbons (Fsp3) is 0.786. The predicted molar refractivity (Wildman–Crippen MR) is 77.4 cm³/mol. The number of anilines is 1. The van der Waals surface area contributed by atoms with Crippen LogP contribution in [0, 0.1) is 12.8 Å². The highest BCUT2D eigenvalue weighted by molar-refractivity contribution is 5.36. The minimum absolute atomic E-state index is 0.533. The van der Waals surface area contributed by atoms with E-state index in [1.807, 2.05) is 6.92 Å². The molecule has 2 atom stereocenters. The van der Waals surface area contributed by atoms with Gasteiger partial charge in [0.15, 0.2) is 0 Å². The predicted octanol–water partition coefficient (Wildman–Crippen LogP) is 1.40. The molecule has 1 aromatic heterocycles. The van der Waals surface area contributed by atoms with E-state index < -0.39 is 0 Å². The Hall–Kier alpha value is -1.07. The highest BCUT2D eigenvalue weighted by Crippen LogP contribution is 2.26. The summed E-state index contributed by atoms with van der Waals surface area (Å²) >= 11 is 0. The monoisotopic (exact) mass is 266 g/mol. The molecule has 0 saturated carbocycles. The lowest BCUT2D eigenvalue weighted by Gasteiger charge is -2.38. The van der Waals surface area contributed by atoms with Crippen molar-refractivity contribution >= 4 is 5.95 Å². The molecule has 0 bridgehead atoms. The van der Waals surface area contributed by atoms with Crippen LogP contribution in [-0.4, -0.2) is 42.4 Å². The van der Waals surface area contributed by atoms with Gasteiger partial charge in [0.25, 0.3) is 0 Å². The SMILES string of the molecule is COCCn1cc(C)nc1N1CC(CN)CCC1C. The summed E-state index contributed by atoms with van der Waals surface area (Å²) in [5.74, 6) is 1.66. The average molecular weight is 266 g/mol. The smallest absolute Gasteiger partial charge is 0.206 e. The van der Waals surface area contributed by atoms with Gasteiger partial charge in [0.1, 0.15) is 0 Å². The molecule has 2 unspecified atom stereocenters. The van der Waals surface area contributed by atoms with Crippen LogP contribution in [0.15, 0.2) is 6.20 Å². The van der Waals surface area contributed by atoms with E-state index in [4.69, 9.17) is 15.5 Å². The topological polar surface area (TPSA) is 56.3 Å². The second-order valence-electron chi connectivity index (χ2n) is 5.55. The Morgan fingerprint density at radius 3 is 2.95 bits per heavy atom. The van der Waals surface area contributed by atoms with Crippen LogP contribution >= 0.6 is 0 Å². The van der Waals surface area contributed by atoms with Crippen molar-refractivity contribution in [3.63, 3.8) is 0 Å². The first-order chi connectivity index (χ1) is 9.15. The van der Waals surface area contributed by atoms with E-state index >= 15 is 0 Å². The van der Waals surface area contributed by atoms with E-state index in [1.165, 1.54) is 12.8 Å². The molecule has 1 aliphatic heterocycles. The van der Waals surface area contributed by atoms with E-state index in [-0.39, 0.29) is 0 Å². The van der Waals surface area contributed by atoms with Crippen LogP contribution in [0.2, 0.25) is 0 Å². The lowest BCUT2D eigenvalue weighted by Crippen LogP contribution is -2.45. The van der Waals surface area contributed by atoms with Gasteiger partial charge in [-0.05, 0) is 39.2 Å². The molecular formula is C14H26N4O. The van der Waals surface area contributed by atoms with Gasteiger partial charge < -0.3 is 19.9 Å². The third kappa shape index (κ3) is 3.28. The maximum atomic E-state index is 5.84. The molecule has 108 valence electrons. The van der Waals surface area contributed by atoms with Gasteiger partial charge >= 0.3 is 0 Å². The number of rotatable bonds is 5. The minimum Gasteiger partial charge on any atom is -0.383 e. The molecule has 0 aromatic carbocycles. The summed E-state index contributed by atoms with van der Waals surface area (Å²) in [5.41, 5.74) is 6.90. The zero-order chi connectivity index (χ0) is 13.8. The van der Waals surface area contributed by atoms with E-state index in [9.17, 15) is 0 Å². The Morgan fingerprint density at radius 2 is 2.26 bits per heavy atom. The second-order valence-corrected chi connectivity index (χ2v) is 5.55. The molecule has 0 aliphatic carbocycles. The van der Waals surface area contributed by atoms with Gasteiger partial charge in [-0.3, -0.25) is 0 Å². The Kier molecular flexibility index (Phi) is 4.82. The number of hydrogen-bond acceptors (Lipinski definition) is 4. The molecule has 19 heavy (non-hydrogen) atoms. The molecule has 2 N–H and O–H groups in total. The van der Waals surface area contributed by atoms with Crippen LogP contribution in [0.4, 0.5) is 5.95 Å². The number of aromatic nitrogens is 2. The molecule has 0 radical (unpaired) electrons. The van der Waals surface area contributed by atoms with E-state index in [0.29, 0.717) is 18.6 Å². The molecule has 5 nitrogen and oxygen atoms in total. The van der Waals surface area contributed by atoms with Crippen molar-refractivity contribution in [2.45, 2.75) is 39.3 Å². The standard InChI is InChI=1S/C14H26N4O/c1-11-9-17(6-7-19-3)14(16-11)18-10-13(8-15)5-4-12(18)2/h9,12-13H,4-8,10,15H2,1-3H3. The van der Waals surface area contributed by atoms with E-state index in [0.717, 1.165) is 31.3 Å². The quantitative estimate of drug-likeness (QED) is 0.875. The first-order valence-electron chi connectivity index (χ1n) is 7.15. The summed E-state index contributed by atoms with van der Waals surface area (Å²) in [4.78, 5) is 7.11. The Morgan fingerprint density at radius 1 is 1.47 bits per heavy atom. The van der Waals surface area contributed by atoms with Crippen molar-refractivity contribution in [3.8, 4) is 0 Å². The van der Waals surface area contributed by atoms with Gasteiger partial charge in [0.05, 0.1) is 12.3 Å². The van der Waals surface area contributed by atoms with Crippen molar-refractivity contribution in [2.75, 3.05) is 31.7 Å². The van der Waals surface area contributed by atoms with Gasteiger partial charge in [0.2, 0.25) is 5.95 Å². The van der Waals surface area contributed by atoms with Crippen molar-refractivity contribution in [2.24, 2.45) is 11.7 Å². The van der Waals surface area contributed by atoms with E-state index in [1.54, 1.807) is 7.11 Å². The highest BCUT2D eigenvalue weighted by Gasteiger charge is 2.27. The van der Waals surface area contributed by atoms with E-state index in [2.05, 4.69) is 22.6 Å². The normalized spacial score (nSPS) is 23.9. The number of hydrogen-bond donors (Lipinski definition) is 1. The molecule has 2 rings (SSSR count). The van der Waals surface area contributed by atoms with Crippen LogP contribution in [0.3, 0.4) is 0 Å². The molecule has 1 aliphatic rings. The average Bonchev–Trinajstić information content (AvgIpc) is 2.78. The first kappa shape index (κ1) is 14.3. The third-order valence-electron chi connectivity index (χ3n) is 3.98. The summed E-state index contributed by atoms with van der Waals surface area (Å²) in [7, 11) is 1.73. The molecule has 0 amide bonds. The van der Waals surface area contributed by atoms with Crippen LogP contribution in [-0.2, 0) is 11.3 Å². The minimum atomic E-state index is 0.533. The Labute approximate surface area is 115 Å². The van der Waals surface area contributed by atoms with Gasteiger partial charge in [-0.1, -0.05) is 0 Å². The van der Waals surface area contributed by atoms with Gasteiger partial charge in [-0.15, -0.1) is 0 Å². The molecule has 0 spiro atoms. The first-order valence-corrected chi connectivity index (χ1v) is 7.15. The lowest BCUT2D eigenvalue weighted by molar-refractivity contribution is 0.187. The lowest BCUT2D eigenvalue weighted by atomic mass is 9.94. The summed E-state index contributed by atoms with van der Waals surface area (Å²) in [6.45, 7) is 7.66. The summed E-state index contributed by atoms with van der Waals surface area (Å²) in [5, 5.41) is 0. The number of imidazole rings is 1. The van der Waals surface area contributed by atoms with Crippen molar-refractivity contribution < 1.29 is 4.74 Å². The number of nitrogens with zero attached hydrogens (tertiary/aromatic N) is 3. The number of nitrogens with two attached hydrogens (primary N) is 1. The molecule has 1 saturated heterocycles. The molecule has 5 heteroatoms. The number of aryl methyl sites for hydroxylation is 1. The van der Waals surface area contributed by atoms with Gasteiger partial charge in [-0.2, -0.15) is 0 Å². The zero-order valence-corrected chi connectivity index (χ0v) is 12.3. The van der Waals surface area contributed by atoms with Crippen molar-refractivity contribution in [1.29, 1.82) is 0 Å². The van der Waals surface area contributed by atoms with Gasteiger partial charge in [-0.25, -0.2) is 4.98 Å². The fourth-order valence-corrected chi connectivity index (χ4v) is 2.77. The maximum Gasteiger partial charge on any atom is 0.206 e. The van der Waals surface area contributed by atoms with Crippen molar-refractivity contribution in [1.82, 2.24) is 9.55 Å². The maximum absolute atomic E-state index is 5.84. The molecular weight excluding hydrogens is 240 g/mol. The summed E-state index contributed by atoms with van der Waals surface area (Å²) in [6.07, 6.45) is 4.52. The van der Waals surface area contributed by atoms with Gasteiger partial charge in [0, 0.05) is 32.4 Å². The third-order valence-corrected chi connectivity index (χ3v) is 3.98. The van der Waals surface area contributed by atoms with Crippen LogP contribution < -0.4 is 10.6 Å². The zero-order valence-electron chi connectivity index (χ0n) is 12.3. The molecule has 2 heterocycles. The Bertz CT molecular complexity index is 404. The Balaban J connectivity index is 2.18. The highest BCUT2D eigenvalue weighted by atomic mass is 16.5. The number of methoxy groups -OCH3 is 1. The number of ether oxygens (including phenoxy) is 1. The molecule has 1 aromatic rings. The second kappa shape index (κ2) is 6.39. The van der Waals surface area contributed by atoms with Crippen LogP contribution in [0.25, 0.3) is 0 Å². The largest absolute Gasteiger partial charge is 0.383 e.